The minimum atomic E-state index is -2.53. The highest BCUT2D eigenvalue weighted by Crippen LogP contribution is 2.45. The molecule has 0 radical (unpaired) electrons. The molecule has 1 saturated carbocycles. The van der Waals surface area contributed by atoms with Gasteiger partial charge in [-0.2, -0.15) is 0 Å². The molecule has 1 aliphatic carbocycles. The lowest BCUT2D eigenvalue weighted by Crippen LogP contribution is -2.42. The molecule has 0 bridgehead atoms. The number of para-hydroxylation sites is 1. The summed E-state index contributed by atoms with van der Waals surface area (Å²) in [6.07, 6.45) is 3.38. The van der Waals surface area contributed by atoms with Gasteiger partial charge in [0.05, 0.1) is 18.0 Å². The molecule has 6 heteroatoms. The van der Waals surface area contributed by atoms with Gasteiger partial charge in [0, 0.05) is 18.4 Å². The summed E-state index contributed by atoms with van der Waals surface area (Å²) in [7, 11) is 0. The molecule has 2 aliphatic rings. The minimum Gasteiger partial charge on any atom is -0.750 e. The minimum absolute atomic E-state index is 0.0156. The Morgan fingerprint density at radius 1 is 1.37 bits per heavy atom. The van der Waals surface area contributed by atoms with E-state index in [0.717, 1.165) is 37.0 Å². The molecule has 5 nitrogen and oxygen atoms in total. The molecule has 2 unspecified atom stereocenters. The predicted octanol–water partition coefficient (Wildman–Crippen LogP) is 2.22. The van der Waals surface area contributed by atoms with E-state index in [1.807, 2.05) is 24.3 Å². The molecule has 3 rings (SSSR count). The van der Waals surface area contributed by atoms with Crippen LogP contribution in [0.4, 0.5) is 0 Å². The standard InChI is InChI=1S/C13H16O5S/c14-19(15)16-9-12-10-5-1-2-6-11(10)17-13(18-12)7-3-4-8-13/h1-2,5-6,12H,3-4,7-9H2,(H,14,15)/p-1. The third kappa shape index (κ3) is 2.67. The summed E-state index contributed by atoms with van der Waals surface area (Å²) < 4.78 is 37.8. The van der Waals surface area contributed by atoms with Crippen molar-refractivity contribution in [1.82, 2.24) is 0 Å². The van der Waals surface area contributed by atoms with Gasteiger partial charge >= 0.3 is 0 Å². The third-order valence-electron chi connectivity index (χ3n) is 3.60. The lowest BCUT2D eigenvalue weighted by Gasteiger charge is -2.39. The summed E-state index contributed by atoms with van der Waals surface area (Å²) in [6.45, 7) is -0.0156. The van der Waals surface area contributed by atoms with Crippen LogP contribution in [0.25, 0.3) is 0 Å². The maximum atomic E-state index is 10.6. The summed E-state index contributed by atoms with van der Waals surface area (Å²) in [5, 5.41) is 0. The molecule has 2 atom stereocenters. The summed E-state index contributed by atoms with van der Waals surface area (Å²) in [5.74, 6) is 0.160. The highest BCUT2D eigenvalue weighted by Gasteiger charge is 2.44. The van der Waals surface area contributed by atoms with E-state index >= 15 is 0 Å². The van der Waals surface area contributed by atoms with Crippen molar-refractivity contribution in [3.8, 4) is 5.75 Å². The summed E-state index contributed by atoms with van der Waals surface area (Å²) in [6, 6.07) is 7.54. The average Bonchev–Trinajstić information content (AvgIpc) is 2.83. The van der Waals surface area contributed by atoms with Gasteiger partial charge in [-0.1, -0.05) is 18.2 Å². The van der Waals surface area contributed by atoms with E-state index in [1.54, 1.807) is 0 Å². The second kappa shape index (κ2) is 5.20. The molecule has 1 fully saturated rings. The van der Waals surface area contributed by atoms with Crippen LogP contribution in [0.1, 0.15) is 37.4 Å². The van der Waals surface area contributed by atoms with E-state index in [0.29, 0.717) is 0 Å². The van der Waals surface area contributed by atoms with Crippen molar-refractivity contribution in [2.45, 2.75) is 37.6 Å². The van der Waals surface area contributed by atoms with E-state index in [9.17, 15) is 8.76 Å². The maximum Gasteiger partial charge on any atom is 0.211 e. The molecular weight excluding hydrogens is 268 g/mol. The highest BCUT2D eigenvalue weighted by atomic mass is 32.2. The van der Waals surface area contributed by atoms with Gasteiger partial charge in [0.2, 0.25) is 5.79 Å². The fourth-order valence-corrected chi connectivity index (χ4v) is 3.00. The molecule has 1 aromatic rings. The maximum absolute atomic E-state index is 10.6. The first-order valence-electron chi connectivity index (χ1n) is 6.37. The van der Waals surface area contributed by atoms with Gasteiger partial charge in [-0.15, -0.1) is 0 Å². The molecule has 104 valence electrons. The first-order chi connectivity index (χ1) is 9.19. The Hall–Kier alpha value is -0.950. The van der Waals surface area contributed by atoms with Crippen molar-refractivity contribution in [3.63, 3.8) is 0 Å². The zero-order valence-electron chi connectivity index (χ0n) is 10.4. The Kier molecular flexibility index (Phi) is 3.58. The van der Waals surface area contributed by atoms with Gasteiger partial charge in [-0.25, -0.2) is 4.21 Å². The second-order valence-electron chi connectivity index (χ2n) is 4.85. The summed E-state index contributed by atoms with van der Waals surface area (Å²) in [4.78, 5) is 0. The molecule has 0 amide bonds. The number of ether oxygens (including phenoxy) is 2. The lowest BCUT2D eigenvalue weighted by molar-refractivity contribution is -0.230. The van der Waals surface area contributed by atoms with E-state index in [-0.39, 0.29) is 6.61 Å². The topological polar surface area (TPSA) is 67.8 Å². The predicted molar refractivity (Wildman–Crippen MR) is 67.0 cm³/mol. The molecule has 1 heterocycles. The molecule has 0 saturated heterocycles. The van der Waals surface area contributed by atoms with Gasteiger partial charge in [-0.05, 0) is 18.9 Å². The Morgan fingerprint density at radius 3 is 2.84 bits per heavy atom. The van der Waals surface area contributed by atoms with Crippen LogP contribution in [0, 0.1) is 0 Å². The van der Waals surface area contributed by atoms with Gasteiger partial charge in [0.1, 0.15) is 11.9 Å². The number of fused-ring (bicyclic) bond motifs is 1. The van der Waals surface area contributed by atoms with E-state index < -0.39 is 23.3 Å². The van der Waals surface area contributed by atoms with Crippen LogP contribution in [0.5, 0.6) is 5.75 Å². The smallest absolute Gasteiger partial charge is 0.211 e. The van der Waals surface area contributed by atoms with E-state index in [2.05, 4.69) is 4.18 Å². The van der Waals surface area contributed by atoms with E-state index in [4.69, 9.17) is 9.47 Å². The van der Waals surface area contributed by atoms with Crippen molar-refractivity contribution < 1.29 is 22.4 Å². The quantitative estimate of drug-likeness (QED) is 0.796. The summed E-state index contributed by atoms with van der Waals surface area (Å²) in [5.41, 5.74) is 0.838. The SMILES string of the molecule is O=S([O-])OCC1OC2(CCCC2)Oc2ccccc21. The van der Waals surface area contributed by atoms with Crippen molar-refractivity contribution in [1.29, 1.82) is 0 Å². The molecule has 1 spiro atoms. The monoisotopic (exact) mass is 283 g/mol. The molecule has 19 heavy (non-hydrogen) atoms. The van der Waals surface area contributed by atoms with Crippen LogP contribution in [0.3, 0.4) is 0 Å². The number of benzene rings is 1. The fraction of sp³-hybridized carbons (Fsp3) is 0.538. The number of hydrogen-bond acceptors (Lipinski definition) is 5. The Bertz CT molecular complexity index is 484. The fourth-order valence-electron chi connectivity index (χ4n) is 2.76. The Morgan fingerprint density at radius 2 is 2.11 bits per heavy atom. The van der Waals surface area contributed by atoms with Crippen molar-refractivity contribution in [2.24, 2.45) is 0 Å². The number of hydrogen-bond donors (Lipinski definition) is 0. The second-order valence-corrected chi connectivity index (χ2v) is 5.50. The average molecular weight is 283 g/mol. The van der Waals surface area contributed by atoms with Gasteiger partial charge < -0.3 is 14.0 Å². The van der Waals surface area contributed by atoms with Gasteiger partial charge in [0.25, 0.3) is 0 Å². The largest absolute Gasteiger partial charge is 0.750 e. The third-order valence-corrected chi connectivity index (χ3v) is 3.93. The number of rotatable bonds is 3. The Labute approximate surface area is 114 Å². The van der Waals surface area contributed by atoms with Crippen LogP contribution >= 0.6 is 0 Å². The molecule has 0 N–H and O–H groups in total. The molecule has 0 aromatic heterocycles. The van der Waals surface area contributed by atoms with Crippen LogP contribution in [0.15, 0.2) is 24.3 Å². The van der Waals surface area contributed by atoms with Gasteiger partial charge in [-0.3, -0.25) is 4.18 Å². The van der Waals surface area contributed by atoms with Crippen molar-refractivity contribution in [2.75, 3.05) is 6.61 Å². The van der Waals surface area contributed by atoms with Crippen LogP contribution in [-0.4, -0.2) is 21.2 Å². The molecular formula is C13H15O5S-. The lowest BCUT2D eigenvalue weighted by atomic mass is 10.1. The summed E-state index contributed by atoms with van der Waals surface area (Å²) >= 11 is -2.53. The highest BCUT2D eigenvalue weighted by molar-refractivity contribution is 7.74. The zero-order valence-corrected chi connectivity index (χ0v) is 11.2. The van der Waals surface area contributed by atoms with Crippen LogP contribution < -0.4 is 4.74 Å². The van der Waals surface area contributed by atoms with Crippen LogP contribution in [-0.2, 0) is 20.3 Å². The van der Waals surface area contributed by atoms with E-state index in [1.165, 1.54) is 0 Å². The normalized spacial score (nSPS) is 25.8. The molecule has 1 aliphatic heterocycles. The zero-order chi connectivity index (χ0) is 13.3. The first-order valence-corrected chi connectivity index (χ1v) is 7.37. The van der Waals surface area contributed by atoms with Crippen LogP contribution in [0.2, 0.25) is 0 Å². The molecule has 1 aromatic carbocycles. The van der Waals surface area contributed by atoms with Crippen molar-refractivity contribution in [3.05, 3.63) is 29.8 Å². The van der Waals surface area contributed by atoms with Crippen molar-refractivity contribution >= 4 is 11.4 Å². The Balaban J connectivity index is 1.87. The van der Waals surface area contributed by atoms with Gasteiger partial charge in [0.15, 0.2) is 0 Å². The first kappa shape index (κ1) is 13.1.